The molecular weight excluding hydrogens is 348 g/mol. The normalized spacial score (nSPS) is 16.2. The molecule has 0 spiro atoms. The molecule has 134 valence electrons. The molecule has 0 bridgehead atoms. The van der Waals surface area contributed by atoms with Crippen LogP contribution in [0, 0.1) is 0 Å². The Bertz CT molecular complexity index is 639. The average molecular weight is 373 g/mol. The Morgan fingerprint density at radius 3 is 2.46 bits per heavy atom. The third-order valence-electron chi connectivity index (χ3n) is 3.87. The Hall–Kier alpha value is -1.25. The molecule has 1 aliphatic rings. The summed E-state index contributed by atoms with van der Waals surface area (Å²) in [5.41, 5.74) is 0. The van der Waals surface area contributed by atoms with Gasteiger partial charge in [-0.1, -0.05) is 0 Å². The lowest BCUT2D eigenvalue weighted by atomic mass is 10.1. The van der Waals surface area contributed by atoms with E-state index >= 15 is 0 Å². The topological polar surface area (TPSA) is 75.7 Å². The predicted octanol–water partition coefficient (Wildman–Crippen LogP) is 1.72. The number of nitrogens with one attached hydrogen (secondary N) is 1. The number of likely N-dealkylation sites (tertiary alicyclic amines) is 1. The number of sulfonamides is 1. The molecule has 24 heavy (non-hydrogen) atoms. The lowest BCUT2D eigenvalue weighted by molar-refractivity contribution is -0.131. The molecule has 6 nitrogen and oxygen atoms in total. The highest BCUT2D eigenvalue weighted by Gasteiger charge is 2.24. The second-order valence-corrected chi connectivity index (χ2v) is 8.77. The van der Waals surface area contributed by atoms with Gasteiger partial charge in [-0.2, -0.15) is 0 Å². The van der Waals surface area contributed by atoms with Crippen molar-refractivity contribution in [3.63, 3.8) is 0 Å². The molecule has 1 fully saturated rings. The molecule has 1 aromatic rings. The monoisotopic (exact) mass is 372 g/mol. The summed E-state index contributed by atoms with van der Waals surface area (Å²) in [6.45, 7) is 1.22. The van der Waals surface area contributed by atoms with E-state index in [1.165, 1.54) is 6.26 Å². The number of carbonyl (C=O) groups is 1. The van der Waals surface area contributed by atoms with E-state index in [4.69, 9.17) is 4.74 Å². The van der Waals surface area contributed by atoms with Gasteiger partial charge in [0.1, 0.15) is 5.75 Å². The smallest absolute Gasteiger partial charge is 0.223 e. The second-order valence-electron chi connectivity index (χ2n) is 5.82. The summed E-state index contributed by atoms with van der Waals surface area (Å²) in [6.07, 6.45) is 3.00. The maximum absolute atomic E-state index is 12.2. The van der Waals surface area contributed by atoms with Crippen molar-refractivity contribution >= 4 is 27.7 Å². The lowest BCUT2D eigenvalue weighted by Crippen LogP contribution is -2.46. The standard InChI is InChI=1S/C16H24N2O4S2/c1-22-14-3-5-15(6-4-14)23-12-9-16(19)18-10-7-13(8-11-18)17-24(2,20)21/h3-6,13,17H,7-12H2,1-2H3. The van der Waals surface area contributed by atoms with Gasteiger partial charge in [0.25, 0.3) is 0 Å². The first kappa shape index (κ1) is 19.1. The lowest BCUT2D eigenvalue weighted by Gasteiger charge is -2.32. The zero-order chi connectivity index (χ0) is 17.6. The van der Waals surface area contributed by atoms with E-state index < -0.39 is 10.0 Å². The van der Waals surface area contributed by atoms with Crippen molar-refractivity contribution in [3.05, 3.63) is 24.3 Å². The first-order chi connectivity index (χ1) is 11.4. The summed E-state index contributed by atoms with van der Waals surface area (Å²) in [5.74, 6) is 1.68. The summed E-state index contributed by atoms with van der Waals surface area (Å²) in [6, 6.07) is 7.72. The van der Waals surface area contributed by atoms with Crippen LogP contribution in [-0.2, 0) is 14.8 Å². The number of piperidine rings is 1. The number of hydrogen-bond acceptors (Lipinski definition) is 5. The van der Waals surface area contributed by atoms with Crippen LogP contribution in [0.5, 0.6) is 5.75 Å². The first-order valence-electron chi connectivity index (χ1n) is 7.89. The predicted molar refractivity (Wildman–Crippen MR) is 95.9 cm³/mol. The third kappa shape index (κ3) is 6.33. The summed E-state index contributed by atoms with van der Waals surface area (Å²) in [5, 5.41) is 0. The van der Waals surface area contributed by atoms with Crippen LogP contribution in [0.2, 0.25) is 0 Å². The van der Waals surface area contributed by atoms with Crippen molar-refractivity contribution < 1.29 is 17.9 Å². The van der Waals surface area contributed by atoms with E-state index in [1.54, 1.807) is 18.9 Å². The fourth-order valence-electron chi connectivity index (χ4n) is 2.64. The van der Waals surface area contributed by atoms with Gasteiger partial charge in [-0.3, -0.25) is 4.79 Å². The van der Waals surface area contributed by atoms with Crippen molar-refractivity contribution in [3.8, 4) is 5.75 Å². The van der Waals surface area contributed by atoms with E-state index in [9.17, 15) is 13.2 Å². The molecule has 1 N–H and O–H groups in total. The van der Waals surface area contributed by atoms with Gasteiger partial charge in [0.15, 0.2) is 0 Å². The number of hydrogen-bond donors (Lipinski definition) is 1. The highest BCUT2D eigenvalue weighted by atomic mass is 32.2. The average Bonchev–Trinajstić information content (AvgIpc) is 2.54. The highest BCUT2D eigenvalue weighted by molar-refractivity contribution is 7.99. The van der Waals surface area contributed by atoms with Gasteiger partial charge in [-0.25, -0.2) is 13.1 Å². The number of nitrogens with zero attached hydrogens (tertiary/aromatic N) is 1. The van der Waals surface area contributed by atoms with Crippen molar-refractivity contribution in [2.45, 2.75) is 30.2 Å². The van der Waals surface area contributed by atoms with Gasteiger partial charge >= 0.3 is 0 Å². The molecule has 0 aromatic heterocycles. The number of carbonyl (C=O) groups excluding carboxylic acids is 1. The van der Waals surface area contributed by atoms with Gasteiger partial charge < -0.3 is 9.64 Å². The molecule has 2 rings (SSSR count). The molecule has 0 aliphatic carbocycles. The number of benzene rings is 1. The van der Waals surface area contributed by atoms with Crippen LogP contribution in [0.4, 0.5) is 0 Å². The molecule has 1 saturated heterocycles. The SMILES string of the molecule is COc1ccc(SCCC(=O)N2CCC(NS(C)(=O)=O)CC2)cc1. The van der Waals surface area contributed by atoms with Crippen LogP contribution in [0.1, 0.15) is 19.3 Å². The fourth-order valence-corrected chi connectivity index (χ4v) is 4.32. The minimum absolute atomic E-state index is 0.0577. The fraction of sp³-hybridized carbons (Fsp3) is 0.562. The van der Waals surface area contributed by atoms with Crippen LogP contribution >= 0.6 is 11.8 Å². The quantitative estimate of drug-likeness (QED) is 0.738. The maximum Gasteiger partial charge on any atom is 0.223 e. The highest BCUT2D eigenvalue weighted by Crippen LogP contribution is 2.22. The molecule has 1 amide bonds. The Balaban J connectivity index is 1.69. The molecule has 1 aromatic carbocycles. The van der Waals surface area contributed by atoms with E-state index in [1.807, 2.05) is 29.2 Å². The Kier molecular flexibility index (Phi) is 6.94. The Morgan fingerprint density at radius 1 is 1.29 bits per heavy atom. The Morgan fingerprint density at radius 2 is 1.92 bits per heavy atom. The first-order valence-corrected chi connectivity index (χ1v) is 10.8. The van der Waals surface area contributed by atoms with Gasteiger partial charge in [0, 0.05) is 36.2 Å². The van der Waals surface area contributed by atoms with Crippen LogP contribution in [0.25, 0.3) is 0 Å². The molecule has 1 heterocycles. The number of rotatable bonds is 7. The van der Waals surface area contributed by atoms with Gasteiger partial charge in [0.05, 0.1) is 13.4 Å². The Labute approximate surface area is 148 Å². The van der Waals surface area contributed by atoms with Gasteiger partial charge in [-0.05, 0) is 37.1 Å². The molecule has 0 radical (unpaired) electrons. The molecule has 0 atom stereocenters. The van der Waals surface area contributed by atoms with E-state index in [2.05, 4.69) is 4.72 Å². The van der Waals surface area contributed by atoms with Gasteiger partial charge in [-0.15, -0.1) is 11.8 Å². The van der Waals surface area contributed by atoms with Gasteiger partial charge in [0.2, 0.25) is 15.9 Å². The summed E-state index contributed by atoms with van der Waals surface area (Å²) in [7, 11) is -1.54. The van der Waals surface area contributed by atoms with Crippen LogP contribution < -0.4 is 9.46 Å². The summed E-state index contributed by atoms with van der Waals surface area (Å²) >= 11 is 1.65. The van der Waals surface area contributed by atoms with Crippen LogP contribution in [0.15, 0.2) is 29.2 Å². The van der Waals surface area contributed by atoms with E-state index in [-0.39, 0.29) is 11.9 Å². The van der Waals surface area contributed by atoms with Crippen molar-refractivity contribution in [1.29, 1.82) is 0 Å². The van der Waals surface area contributed by atoms with Crippen LogP contribution in [-0.4, -0.2) is 57.5 Å². The second kappa shape index (κ2) is 8.73. The molecular formula is C16H24N2O4S2. The minimum Gasteiger partial charge on any atom is -0.497 e. The zero-order valence-corrected chi connectivity index (χ0v) is 15.7. The number of amides is 1. The summed E-state index contributed by atoms with van der Waals surface area (Å²) < 4.78 is 30.2. The van der Waals surface area contributed by atoms with Crippen molar-refractivity contribution in [2.24, 2.45) is 0 Å². The molecule has 0 unspecified atom stereocenters. The largest absolute Gasteiger partial charge is 0.497 e. The number of methoxy groups -OCH3 is 1. The van der Waals surface area contributed by atoms with Crippen molar-refractivity contribution in [2.75, 3.05) is 32.2 Å². The third-order valence-corrected chi connectivity index (χ3v) is 5.65. The number of ether oxygens (including phenoxy) is 1. The van der Waals surface area contributed by atoms with Crippen LogP contribution in [0.3, 0.4) is 0 Å². The molecule has 1 aliphatic heterocycles. The van der Waals surface area contributed by atoms with E-state index in [0.717, 1.165) is 16.4 Å². The number of thioether (sulfide) groups is 1. The van der Waals surface area contributed by atoms with E-state index in [0.29, 0.717) is 32.4 Å². The summed E-state index contributed by atoms with van der Waals surface area (Å²) in [4.78, 5) is 15.2. The molecule has 0 saturated carbocycles. The zero-order valence-electron chi connectivity index (χ0n) is 14.0. The maximum atomic E-state index is 12.2. The van der Waals surface area contributed by atoms with Crippen molar-refractivity contribution in [1.82, 2.24) is 9.62 Å². The minimum atomic E-state index is -3.18. The molecule has 8 heteroatoms.